The number of benzene rings is 1. The Kier molecular flexibility index (Phi) is 7.30. The summed E-state index contributed by atoms with van der Waals surface area (Å²) in [4.78, 5) is 0. The number of aromatic hydroxyl groups is 1. The maximum absolute atomic E-state index is 9.01. The minimum atomic E-state index is 0. The van der Waals surface area contributed by atoms with Crippen LogP contribution in [0.15, 0.2) is 24.3 Å². The first-order valence-corrected chi connectivity index (χ1v) is 4.03. The molecule has 0 spiro atoms. The van der Waals surface area contributed by atoms with Crippen LogP contribution in [0.4, 0.5) is 0 Å². The molecule has 13 heavy (non-hydrogen) atoms. The van der Waals surface area contributed by atoms with Crippen molar-refractivity contribution in [1.82, 2.24) is 0 Å². The smallest absolute Gasteiger partial charge is 0.115 e. The van der Waals surface area contributed by atoms with Crippen LogP contribution in [0.25, 0.3) is 0 Å². The third-order valence-electron chi connectivity index (χ3n) is 2.07. The maximum atomic E-state index is 9.01. The van der Waals surface area contributed by atoms with E-state index in [0.717, 1.165) is 6.42 Å². The van der Waals surface area contributed by atoms with E-state index in [9.17, 15) is 0 Å². The van der Waals surface area contributed by atoms with Crippen LogP contribution in [-0.4, -0.2) is 5.11 Å². The summed E-state index contributed by atoms with van der Waals surface area (Å²) in [5.74, 6) is 0.938. The zero-order chi connectivity index (χ0) is 8.27. The van der Waals surface area contributed by atoms with Crippen LogP contribution >= 0.6 is 0 Å². The van der Waals surface area contributed by atoms with E-state index < -0.39 is 0 Å². The van der Waals surface area contributed by atoms with E-state index in [1.165, 1.54) is 5.56 Å². The Bertz CT molecular complexity index is 213. The van der Waals surface area contributed by atoms with E-state index in [0.29, 0.717) is 11.7 Å². The topological polar surface area (TPSA) is 20.2 Å². The molecule has 0 saturated heterocycles. The summed E-state index contributed by atoms with van der Waals surface area (Å²) in [6.45, 7) is 4.35. The van der Waals surface area contributed by atoms with Gasteiger partial charge in [-0.2, -0.15) is 0 Å². The molecule has 0 fully saturated rings. The molecule has 1 rings (SSSR count). The maximum Gasteiger partial charge on any atom is 0.115 e. The lowest BCUT2D eigenvalue weighted by molar-refractivity contribution is 0.475. The monoisotopic (exact) mass is 182 g/mol. The Labute approximate surface area is 82.4 Å². The fourth-order valence-corrected chi connectivity index (χ4v) is 1.04. The van der Waals surface area contributed by atoms with Gasteiger partial charge in [0.25, 0.3) is 0 Å². The SMILES string of the molecule is C.C.CCC(C)c1ccc(O)cc1. The Morgan fingerprint density at radius 2 is 1.62 bits per heavy atom. The van der Waals surface area contributed by atoms with Gasteiger partial charge in [-0.05, 0) is 30.0 Å². The van der Waals surface area contributed by atoms with Gasteiger partial charge in [-0.25, -0.2) is 0 Å². The molecule has 0 bridgehead atoms. The molecule has 1 unspecified atom stereocenters. The molecule has 0 amide bonds. The van der Waals surface area contributed by atoms with E-state index >= 15 is 0 Å². The third-order valence-corrected chi connectivity index (χ3v) is 2.07. The number of phenols is 1. The van der Waals surface area contributed by atoms with Gasteiger partial charge in [0.15, 0.2) is 0 Å². The van der Waals surface area contributed by atoms with Crippen LogP contribution in [0.3, 0.4) is 0 Å². The lowest BCUT2D eigenvalue weighted by Gasteiger charge is -2.07. The molecular weight excluding hydrogens is 160 g/mol. The molecule has 0 saturated carbocycles. The predicted octanol–water partition coefficient (Wildman–Crippen LogP) is 4.18. The van der Waals surface area contributed by atoms with Gasteiger partial charge in [0.2, 0.25) is 0 Å². The number of rotatable bonds is 2. The van der Waals surface area contributed by atoms with Crippen LogP contribution in [0.2, 0.25) is 0 Å². The van der Waals surface area contributed by atoms with E-state index in [1.54, 1.807) is 12.1 Å². The Morgan fingerprint density at radius 3 is 2.00 bits per heavy atom. The quantitative estimate of drug-likeness (QED) is 0.727. The van der Waals surface area contributed by atoms with Gasteiger partial charge >= 0.3 is 0 Å². The van der Waals surface area contributed by atoms with Crippen LogP contribution in [0.5, 0.6) is 5.75 Å². The van der Waals surface area contributed by atoms with E-state index in [2.05, 4.69) is 13.8 Å². The molecule has 1 atom stereocenters. The van der Waals surface area contributed by atoms with Crippen LogP contribution in [0.1, 0.15) is 46.6 Å². The largest absolute Gasteiger partial charge is 0.508 e. The van der Waals surface area contributed by atoms with E-state index in [4.69, 9.17) is 5.11 Å². The lowest BCUT2D eigenvalue weighted by Crippen LogP contribution is -1.89. The molecule has 0 aliphatic heterocycles. The highest BCUT2D eigenvalue weighted by Crippen LogP contribution is 2.20. The molecule has 0 aliphatic carbocycles. The fourth-order valence-electron chi connectivity index (χ4n) is 1.04. The molecule has 76 valence electrons. The van der Waals surface area contributed by atoms with Gasteiger partial charge in [0, 0.05) is 0 Å². The molecule has 1 N–H and O–H groups in total. The van der Waals surface area contributed by atoms with Gasteiger partial charge in [-0.1, -0.05) is 40.8 Å². The average Bonchev–Trinajstić information content (AvgIpc) is 2.05. The second-order valence-corrected chi connectivity index (χ2v) is 2.90. The van der Waals surface area contributed by atoms with Gasteiger partial charge in [0.05, 0.1) is 0 Å². The van der Waals surface area contributed by atoms with Crippen LogP contribution in [-0.2, 0) is 0 Å². The van der Waals surface area contributed by atoms with Crippen molar-refractivity contribution in [2.75, 3.05) is 0 Å². The van der Waals surface area contributed by atoms with Crippen molar-refractivity contribution in [3.05, 3.63) is 29.8 Å². The summed E-state index contributed by atoms with van der Waals surface area (Å²) in [7, 11) is 0. The fraction of sp³-hybridized carbons (Fsp3) is 0.500. The molecular formula is C12H22O. The second-order valence-electron chi connectivity index (χ2n) is 2.90. The predicted molar refractivity (Wildman–Crippen MR) is 60.3 cm³/mol. The van der Waals surface area contributed by atoms with Crippen molar-refractivity contribution in [1.29, 1.82) is 0 Å². The molecule has 1 nitrogen and oxygen atoms in total. The molecule has 1 aromatic carbocycles. The van der Waals surface area contributed by atoms with Crippen LogP contribution in [0, 0.1) is 0 Å². The first kappa shape index (κ1) is 14.5. The summed E-state index contributed by atoms with van der Waals surface area (Å²) >= 11 is 0. The first-order chi connectivity index (χ1) is 5.24. The minimum Gasteiger partial charge on any atom is -0.508 e. The first-order valence-electron chi connectivity index (χ1n) is 4.03. The average molecular weight is 182 g/mol. The van der Waals surface area contributed by atoms with Crippen molar-refractivity contribution in [2.24, 2.45) is 0 Å². The molecule has 0 radical (unpaired) electrons. The Balaban J connectivity index is 0. The van der Waals surface area contributed by atoms with Crippen molar-refractivity contribution in [2.45, 2.75) is 41.0 Å². The van der Waals surface area contributed by atoms with Crippen molar-refractivity contribution in [3.63, 3.8) is 0 Å². The van der Waals surface area contributed by atoms with Crippen LogP contribution < -0.4 is 0 Å². The highest BCUT2D eigenvalue weighted by atomic mass is 16.3. The number of hydrogen-bond acceptors (Lipinski definition) is 1. The Morgan fingerprint density at radius 1 is 1.15 bits per heavy atom. The summed E-state index contributed by atoms with van der Waals surface area (Å²) in [5.41, 5.74) is 1.30. The highest BCUT2D eigenvalue weighted by Gasteiger charge is 2.00. The normalized spacial score (nSPS) is 10.9. The Hall–Kier alpha value is -0.980. The highest BCUT2D eigenvalue weighted by molar-refractivity contribution is 5.27. The summed E-state index contributed by atoms with van der Waals surface area (Å²) in [5, 5.41) is 9.01. The van der Waals surface area contributed by atoms with E-state index in [-0.39, 0.29) is 14.9 Å². The zero-order valence-corrected chi connectivity index (χ0v) is 7.04. The third kappa shape index (κ3) is 3.97. The molecule has 0 heterocycles. The van der Waals surface area contributed by atoms with Gasteiger partial charge in [-0.3, -0.25) is 0 Å². The molecule has 0 aliphatic rings. The summed E-state index contributed by atoms with van der Waals surface area (Å²) in [6, 6.07) is 7.43. The van der Waals surface area contributed by atoms with Crippen molar-refractivity contribution < 1.29 is 5.11 Å². The zero-order valence-electron chi connectivity index (χ0n) is 7.04. The molecule has 1 heteroatoms. The number of phenolic OH excluding ortho intramolecular Hbond substituents is 1. The lowest BCUT2D eigenvalue weighted by atomic mass is 9.99. The second kappa shape index (κ2) is 6.53. The number of hydrogen-bond donors (Lipinski definition) is 1. The summed E-state index contributed by atoms with van der Waals surface area (Å²) < 4.78 is 0. The van der Waals surface area contributed by atoms with Crippen molar-refractivity contribution >= 4 is 0 Å². The van der Waals surface area contributed by atoms with Gasteiger partial charge < -0.3 is 5.11 Å². The summed E-state index contributed by atoms with van der Waals surface area (Å²) in [6.07, 6.45) is 1.14. The minimum absolute atomic E-state index is 0. The van der Waals surface area contributed by atoms with Crippen molar-refractivity contribution in [3.8, 4) is 5.75 Å². The van der Waals surface area contributed by atoms with Gasteiger partial charge in [0.1, 0.15) is 5.75 Å². The molecule has 0 aromatic heterocycles. The standard InChI is InChI=1S/C10H14O.2CH4/c1-3-8(2)9-4-6-10(11)7-5-9;;/h4-8,11H,3H2,1-2H3;2*1H4. The molecule has 1 aromatic rings. The van der Waals surface area contributed by atoms with Gasteiger partial charge in [-0.15, -0.1) is 0 Å². The van der Waals surface area contributed by atoms with E-state index in [1.807, 2.05) is 12.1 Å².